The molecule has 0 atom stereocenters. The van der Waals surface area contributed by atoms with E-state index in [1.165, 1.54) is 16.7 Å². The van der Waals surface area contributed by atoms with Crippen molar-refractivity contribution in [1.29, 1.82) is 0 Å². The minimum Gasteiger partial charge on any atom is -0.497 e. The average Bonchev–Trinajstić information content (AvgIpc) is 2.44. The molecule has 4 heteroatoms. The fraction of sp³-hybridized carbons (Fsp3) is 0.235. The van der Waals surface area contributed by atoms with Crippen molar-refractivity contribution in [2.24, 2.45) is 0 Å². The van der Waals surface area contributed by atoms with E-state index in [4.69, 9.17) is 17.0 Å². The molecule has 2 aromatic rings. The molecule has 0 heterocycles. The number of rotatable bonds is 4. The molecule has 3 nitrogen and oxygen atoms in total. The highest BCUT2D eigenvalue weighted by Gasteiger charge is 2.01. The van der Waals surface area contributed by atoms with Gasteiger partial charge in [0.25, 0.3) is 0 Å². The third kappa shape index (κ3) is 4.76. The second-order valence-electron chi connectivity index (χ2n) is 5.04. The van der Waals surface area contributed by atoms with Gasteiger partial charge in [0.2, 0.25) is 0 Å². The third-order valence-corrected chi connectivity index (χ3v) is 3.31. The molecule has 0 amide bonds. The Morgan fingerprint density at radius 2 is 1.81 bits per heavy atom. The van der Waals surface area contributed by atoms with E-state index in [2.05, 4.69) is 42.7 Å². The summed E-state index contributed by atoms with van der Waals surface area (Å²) in [7, 11) is 1.65. The molecular formula is C17H20N2OS. The van der Waals surface area contributed by atoms with Crippen LogP contribution in [0.1, 0.15) is 16.7 Å². The number of benzene rings is 2. The van der Waals surface area contributed by atoms with Crippen LogP contribution in [0.15, 0.2) is 42.5 Å². The van der Waals surface area contributed by atoms with Gasteiger partial charge in [0, 0.05) is 18.3 Å². The fourth-order valence-electron chi connectivity index (χ4n) is 2.23. The van der Waals surface area contributed by atoms with Gasteiger partial charge < -0.3 is 15.4 Å². The minimum atomic E-state index is 0.599. The van der Waals surface area contributed by atoms with Gasteiger partial charge in [-0.05, 0) is 43.8 Å². The van der Waals surface area contributed by atoms with E-state index in [1.807, 2.05) is 24.3 Å². The van der Waals surface area contributed by atoms with Gasteiger partial charge in [-0.25, -0.2) is 0 Å². The van der Waals surface area contributed by atoms with Gasteiger partial charge in [-0.2, -0.15) is 0 Å². The second kappa shape index (κ2) is 7.09. The Bertz CT molecular complexity index is 620. The van der Waals surface area contributed by atoms with Crippen LogP contribution in [0, 0.1) is 13.8 Å². The van der Waals surface area contributed by atoms with Crippen LogP contribution in [-0.4, -0.2) is 12.2 Å². The van der Waals surface area contributed by atoms with E-state index in [0.29, 0.717) is 11.7 Å². The zero-order valence-electron chi connectivity index (χ0n) is 12.6. The molecule has 2 aromatic carbocycles. The Morgan fingerprint density at radius 1 is 1.10 bits per heavy atom. The van der Waals surface area contributed by atoms with E-state index in [1.54, 1.807) is 7.11 Å². The van der Waals surface area contributed by atoms with Crippen molar-refractivity contribution >= 4 is 23.0 Å². The van der Waals surface area contributed by atoms with Crippen LogP contribution in [0.25, 0.3) is 0 Å². The molecule has 0 saturated heterocycles. The molecular weight excluding hydrogens is 280 g/mol. The van der Waals surface area contributed by atoms with Crippen molar-refractivity contribution in [3.8, 4) is 5.75 Å². The Morgan fingerprint density at radius 3 is 2.48 bits per heavy atom. The lowest BCUT2D eigenvalue weighted by atomic mass is 10.1. The first-order chi connectivity index (χ1) is 10.1. The maximum absolute atomic E-state index is 5.32. The Hall–Kier alpha value is -2.07. The molecule has 110 valence electrons. The first-order valence-corrected chi connectivity index (χ1v) is 7.24. The SMILES string of the molecule is COc1cccc(NC(=S)NCc2cc(C)cc(C)c2)c1. The Kier molecular flexibility index (Phi) is 5.17. The Balaban J connectivity index is 1.92. The van der Waals surface area contributed by atoms with Gasteiger partial charge in [-0.3, -0.25) is 0 Å². The molecule has 0 bridgehead atoms. The number of aryl methyl sites for hydroxylation is 2. The highest BCUT2D eigenvalue weighted by Crippen LogP contribution is 2.16. The zero-order chi connectivity index (χ0) is 15.2. The van der Waals surface area contributed by atoms with E-state index in [-0.39, 0.29) is 0 Å². The number of anilines is 1. The molecule has 0 aromatic heterocycles. The van der Waals surface area contributed by atoms with Crippen LogP contribution in [0.3, 0.4) is 0 Å². The lowest BCUT2D eigenvalue weighted by Crippen LogP contribution is -2.27. The molecule has 0 fully saturated rings. The molecule has 2 N–H and O–H groups in total. The van der Waals surface area contributed by atoms with Crippen molar-refractivity contribution in [3.05, 3.63) is 59.2 Å². The zero-order valence-corrected chi connectivity index (χ0v) is 13.4. The van der Waals surface area contributed by atoms with E-state index >= 15 is 0 Å². The number of methoxy groups -OCH3 is 1. The van der Waals surface area contributed by atoms with Crippen molar-refractivity contribution in [1.82, 2.24) is 5.32 Å². The fourth-order valence-corrected chi connectivity index (χ4v) is 2.42. The number of ether oxygens (including phenoxy) is 1. The van der Waals surface area contributed by atoms with Crippen LogP contribution in [0.2, 0.25) is 0 Å². The third-order valence-electron chi connectivity index (χ3n) is 3.06. The standard InChI is InChI=1S/C17H20N2OS/c1-12-7-13(2)9-14(8-12)11-18-17(21)19-15-5-4-6-16(10-15)20-3/h4-10H,11H2,1-3H3,(H2,18,19,21). The number of thiocarbonyl (C=S) groups is 1. The van der Waals surface area contributed by atoms with Crippen LogP contribution >= 0.6 is 12.2 Å². The van der Waals surface area contributed by atoms with Gasteiger partial charge >= 0.3 is 0 Å². The maximum atomic E-state index is 5.32. The molecule has 0 radical (unpaired) electrons. The van der Waals surface area contributed by atoms with Crippen molar-refractivity contribution in [2.75, 3.05) is 12.4 Å². The summed E-state index contributed by atoms with van der Waals surface area (Å²) in [6, 6.07) is 14.2. The number of nitrogens with one attached hydrogen (secondary N) is 2. The van der Waals surface area contributed by atoms with Crippen LogP contribution in [0.5, 0.6) is 5.75 Å². The highest BCUT2D eigenvalue weighted by molar-refractivity contribution is 7.80. The summed E-state index contributed by atoms with van der Waals surface area (Å²) in [6.07, 6.45) is 0. The lowest BCUT2D eigenvalue weighted by Gasteiger charge is -2.12. The minimum absolute atomic E-state index is 0.599. The van der Waals surface area contributed by atoms with Crippen molar-refractivity contribution in [2.45, 2.75) is 20.4 Å². The molecule has 0 spiro atoms. The van der Waals surface area contributed by atoms with E-state index in [0.717, 1.165) is 11.4 Å². The average molecular weight is 300 g/mol. The molecule has 0 aliphatic heterocycles. The van der Waals surface area contributed by atoms with Gasteiger partial charge in [0.05, 0.1) is 7.11 Å². The van der Waals surface area contributed by atoms with Gasteiger partial charge in [-0.15, -0.1) is 0 Å². The summed E-state index contributed by atoms with van der Waals surface area (Å²) >= 11 is 5.32. The number of hydrogen-bond donors (Lipinski definition) is 2. The van der Waals surface area contributed by atoms with Gasteiger partial charge in [0.1, 0.15) is 5.75 Å². The summed E-state index contributed by atoms with van der Waals surface area (Å²) < 4.78 is 5.19. The Labute approximate surface area is 131 Å². The molecule has 2 rings (SSSR count). The summed E-state index contributed by atoms with van der Waals surface area (Å²) in [6.45, 7) is 4.91. The molecule has 0 unspecified atom stereocenters. The first-order valence-electron chi connectivity index (χ1n) is 6.83. The topological polar surface area (TPSA) is 33.3 Å². The summed E-state index contributed by atoms with van der Waals surface area (Å²) in [5, 5.41) is 6.97. The van der Waals surface area contributed by atoms with Crippen LogP contribution in [0.4, 0.5) is 5.69 Å². The summed E-state index contributed by atoms with van der Waals surface area (Å²) in [5.41, 5.74) is 4.66. The predicted molar refractivity (Wildman–Crippen MR) is 92.0 cm³/mol. The maximum Gasteiger partial charge on any atom is 0.171 e. The van der Waals surface area contributed by atoms with E-state index < -0.39 is 0 Å². The summed E-state index contributed by atoms with van der Waals surface area (Å²) in [5.74, 6) is 0.803. The summed E-state index contributed by atoms with van der Waals surface area (Å²) in [4.78, 5) is 0. The highest BCUT2D eigenvalue weighted by atomic mass is 32.1. The first kappa shape index (κ1) is 15.3. The molecule has 0 saturated carbocycles. The van der Waals surface area contributed by atoms with Crippen molar-refractivity contribution < 1.29 is 4.74 Å². The van der Waals surface area contributed by atoms with Crippen LogP contribution < -0.4 is 15.4 Å². The largest absolute Gasteiger partial charge is 0.497 e. The quantitative estimate of drug-likeness (QED) is 0.842. The predicted octanol–water partition coefficient (Wildman–Crippen LogP) is 3.80. The van der Waals surface area contributed by atoms with E-state index in [9.17, 15) is 0 Å². The molecule has 0 aliphatic rings. The van der Waals surface area contributed by atoms with Gasteiger partial charge in [0.15, 0.2) is 5.11 Å². The lowest BCUT2D eigenvalue weighted by molar-refractivity contribution is 0.415. The van der Waals surface area contributed by atoms with Gasteiger partial charge in [-0.1, -0.05) is 35.4 Å². The monoisotopic (exact) mass is 300 g/mol. The smallest absolute Gasteiger partial charge is 0.171 e. The molecule has 21 heavy (non-hydrogen) atoms. The second-order valence-corrected chi connectivity index (χ2v) is 5.44. The number of hydrogen-bond acceptors (Lipinski definition) is 2. The normalized spacial score (nSPS) is 10.0. The van der Waals surface area contributed by atoms with Crippen LogP contribution in [-0.2, 0) is 6.54 Å². The van der Waals surface area contributed by atoms with Crippen molar-refractivity contribution in [3.63, 3.8) is 0 Å². The molecule has 0 aliphatic carbocycles.